The van der Waals surface area contributed by atoms with Gasteiger partial charge in [-0.2, -0.15) is 0 Å². The van der Waals surface area contributed by atoms with Gasteiger partial charge in [-0.25, -0.2) is 9.97 Å². The first-order valence-electron chi connectivity index (χ1n) is 12.1. The molecule has 0 amide bonds. The molecule has 2 heterocycles. The fourth-order valence-electron chi connectivity index (χ4n) is 4.66. The van der Waals surface area contributed by atoms with Crippen LogP contribution in [-0.2, 0) is 0 Å². The summed E-state index contributed by atoms with van der Waals surface area (Å²) >= 11 is 3.82. The Hall–Kier alpha value is -3.48. The van der Waals surface area contributed by atoms with Gasteiger partial charge in [0.1, 0.15) is 0 Å². The monoisotopic (exact) mass is 506 g/mol. The van der Waals surface area contributed by atoms with E-state index in [1.807, 2.05) is 59.9 Å². The molecular formula is C30H26N4S2. The van der Waals surface area contributed by atoms with Crippen LogP contribution in [-0.4, -0.2) is 21.5 Å². The Balaban J connectivity index is 1.19. The number of aromatic nitrogens is 2. The van der Waals surface area contributed by atoms with E-state index in [2.05, 4.69) is 48.5 Å². The minimum Gasteiger partial charge on any atom is -0.397 e. The quantitative estimate of drug-likeness (QED) is 0.0991. The van der Waals surface area contributed by atoms with E-state index in [4.69, 9.17) is 21.4 Å². The van der Waals surface area contributed by atoms with Gasteiger partial charge in [-0.3, -0.25) is 0 Å². The highest BCUT2D eigenvalue weighted by molar-refractivity contribution is 8.00. The van der Waals surface area contributed by atoms with E-state index < -0.39 is 0 Å². The molecule has 0 fully saturated rings. The molecule has 0 bridgehead atoms. The van der Waals surface area contributed by atoms with Gasteiger partial charge >= 0.3 is 0 Å². The number of benzene rings is 4. The number of unbranched alkanes of at least 4 members (excludes halogenated alkanes) is 1. The standard InChI is InChI=1S/C30H26N4S2/c31-23-13-7-11-21-27(23)33-25-15-3-1-9-19(25)29(21)35-17-5-6-18-36-30-20-10-2-4-16-26(20)34-28-22(30)12-8-14-24(28)32/h1-4,7-16H,5-6,17-18,31-32H2. The second-order valence-electron chi connectivity index (χ2n) is 8.81. The predicted molar refractivity (Wildman–Crippen MR) is 158 cm³/mol. The summed E-state index contributed by atoms with van der Waals surface area (Å²) in [4.78, 5) is 12.2. The minimum absolute atomic E-state index is 0.731. The highest BCUT2D eigenvalue weighted by Gasteiger charge is 2.13. The molecule has 6 aromatic rings. The first-order chi connectivity index (χ1) is 17.7. The van der Waals surface area contributed by atoms with Crippen molar-refractivity contribution in [3.05, 3.63) is 84.9 Å². The summed E-state index contributed by atoms with van der Waals surface area (Å²) in [7, 11) is 0. The molecular weight excluding hydrogens is 480 g/mol. The summed E-state index contributed by atoms with van der Waals surface area (Å²) in [6, 6.07) is 28.8. The number of pyridine rings is 2. The predicted octanol–water partition coefficient (Wildman–Crippen LogP) is 7.92. The van der Waals surface area contributed by atoms with E-state index in [1.165, 1.54) is 20.6 Å². The molecule has 4 N–H and O–H groups in total. The van der Waals surface area contributed by atoms with Gasteiger partial charge < -0.3 is 11.5 Å². The Labute approximate surface area is 218 Å². The number of nitrogens with zero attached hydrogens (tertiary/aromatic N) is 2. The highest BCUT2D eigenvalue weighted by atomic mass is 32.2. The van der Waals surface area contributed by atoms with Crippen molar-refractivity contribution in [3.63, 3.8) is 0 Å². The van der Waals surface area contributed by atoms with Crippen molar-refractivity contribution in [1.29, 1.82) is 0 Å². The number of fused-ring (bicyclic) bond motifs is 4. The Kier molecular flexibility index (Phi) is 6.30. The molecule has 0 atom stereocenters. The maximum absolute atomic E-state index is 6.27. The smallest absolute Gasteiger partial charge is 0.0950 e. The summed E-state index contributed by atoms with van der Waals surface area (Å²) in [6.45, 7) is 0. The molecule has 0 radical (unpaired) electrons. The molecule has 4 aromatic carbocycles. The van der Waals surface area contributed by atoms with Gasteiger partial charge in [0.15, 0.2) is 0 Å². The molecule has 6 rings (SSSR count). The van der Waals surface area contributed by atoms with Crippen LogP contribution >= 0.6 is 23.5 Å². The van der Waals surface area contributed by atoms with Gasteiger partial charge in [0.25, 0.3) is 0 Å². The molecule has 0 aliphatic heterocycles. The third kappa shape index (κ3) is 4.21. The molecule has 36 heavy (non-hydrogen) atoms. The van der Waals surface area contributed by atoms with Gasteiger partial charge in [0.05, 0.1) is 33.4 Å². The van der Waals surface area contributed by atoms with Crippen LogP contribution in [0.3, 0.4) is 0 Å². The van der Waals surface area contributed by atoms with Crippen molar-refractivity contribution in [2.75, 3.05) is 23.0 Å². The first-order valence-corrected chi connectivity index (χ1v) is 14.1. The van der Waals surface area contributed by atoms with Gasteiger partial charge in [-0.05, 0) is 48.6 Å². The molecule has 4 nitrogen and oxygen atoms in total. The lowest BCUT2D eigenvalue weighted by Crippen LogP contribution is -1.94. The number of hydrogen-bond acceptors (Lipinski definition) is 6. The molecule has 0 saturated heterocycles. The number of rotatable bonds is 7. The van der Waals surface area contributed by atoms with Crippen molar-refractivity contribution >= 4 is 78.5 Å². The Morgan fingerprint density at radius 3 is 1.39 bits per heavy atom. The van der Waals surface area contributed by atoms with Gasteiger partial charge in [-0.15, -0.1) is 23.5 Å². The molecule has 6 heteroatoms. The fraction of sp³-hybridized carbons (Fsp3) is 0.133. The van der Waals surface area contributed by atoms with Crippen LogP contribution in [0.1, 0.15) is 12.8 Å². The SMILES string of the molecule is Nc1cccc2c(SCCCCSc3c4ccccc4nc4c(N)cccc34)c3ccccc3nc12. The number of thioether (sulfide) groups is 2. The first kappa shape index (κ1) is 23.0. The van der Waals surface area contributed by atoms with Crippen molar-refractivity contribution in [2.24, 2.45) is 0 Å². The number of nitrogens with two attached hydrogens (primary N) is 2. The summed E-state index contributed by atoms with van der Waals surface area (Å²) in [5.41, 5.74) is 17.8. The van der Waals surface area contributed by atoms with E-state index in [9.17, 15) is 0 Å². The lowest BCUT2D eigenvalue weighted by molar-refractivity contribution is 0.907. The molecule has 0 unspecified atom stereocenters. The number of nitrogen functional groups attached to an aromatic ring is 2. The lowest BCUT2D eigenvalue weighted by atomic mass is 10.1. The zero-order valence-corrected chi connectivity index (χ0v) is 21.4. The second kappa shape index (κ2) is 9.88. The van der Waals surface area contributed by atoms with Crippen LogP contribution in [0.4, 0.5) is 11.4 Å². The summed E-state index contributed by atoms with van der Waals surface area (Å²) in [5.74, 6) is 2.09. The van der Waals surface area contributed by atoms with Crippen LogP contribution in [0.25, 0.3) is 43.6 Å². The highest BCUT2D eigenvalue weighted by Crippen LogP contribution is 2.38. The van der Waals surface area contributed by atoms with E-state index in [0.29, 0.717) is 0 Å². The lowest BCUT2D eigenvalue weighted by Gasteiger charge is -2.13. The molecule has 2 aromatic heterocycles. The summed E-state index contributed by atoms with van der Waals surface area (Å²) < 4.78 is 0. The number of hydrogen-bond donors (Lipinski definition) is 2. The van der Waals surface area contributed by atoms with Crippen LogP contribution < -0.4 is 11.5 Å². The molecule has 0 aliphatic rings. The van der Waals surface area contributed by atoms with E-state index >= 15 is 0 Å². The minimum atomic E-state index is 0.731. The molecule has 0 saturated carbocycles. The maximum Gasteiger partial charge on any atom is 0.0950 e. The van der Waals surface area contributed by atoms with Crippen molar-refractivity contribution in [2.45, 2.75) is 22.6 Å². The third-order valence-electron chi connectivity index (χ3n) is 6.42. The fourth-order valence-corrected chi connectivity index (χ4v) is 7.06. The number of anilines is 2. The van der Waals surface area contributed by atoms with Crippen molar-refractivity contribution in [1.82, 2.24) is 9.97 Å². The van der Waals surface area contributed by atoms with Gasteiger partial charge in [0, 0.05) is 31.3 Å². The van der Waals surface area contributed by atoms with Crippen LogP contribution in [0.5, 0.6) is 0 Å². The molecule has 0 spiro atoms. The van der Waals surface area contributed by atoms with E-state index in [1.54, 1.807) is 0 Å². The van der Waals surface area contributed by atoms with Crippen molar-refractivity contribution in [3.8, 4) is 0 Å². The summed E-state index contributed by atoms with van der Waals surface area (Å²) in [5, 5.41) is 4.67. The van der Waals surface area contributed by atoms with Crippen molar-refractivity contribution < 1.29 is 0 Å². The number of para-hydroxylation sites is 4. The Morgan fingerprint density at radius 2 is 0.917 bits per heavy atom. The molecule has 0 aliphatic carbocycles. The van der Waals surface area contributed by atoms with Crippen LogP contribution in [0, 0.1) is 0 Å². The third-order valence-corrected chi connectivity index (χ3v) is 8.86. The molecule has 178 valence electrons. The topological polar surface area (TPSA) is 77.8 Å². The van der Waals surface area contributed by atoms with Gasteiger partial charge in [0.2, 0.25) is 0 Å². The normalized spacial score (nSPS) is 11.7. The van der Waals surface area contributed by atoms with Gasteiger partial charge in [-0.1, -0.05) is 60.7 Å². The zero-order chi connectivity index (χ0) is 24.5. The average Bonchev–Trinajstić information content (AvgIpc) is 2.90. The largest absolute Gasteiger partial charge is 0.397 e. The Morgan fingerprint density at radius 1 is 0.500 bits per heavy atom. The van der Waals surface area contributed by atoms with E-state index in [-0.39, 0.29) is 0 Å². The average molecular weight is 507 g/mol. The Bertz CT molecular complexity index is 1600. The zero-order valence-electron chi connectivity index (χ0n) is 19.8. The van der Waals surface area contributed by atoms with E-state index in [0.717, 1.165) is 68.6 Å². The van der Waals surface area contributed by atoms with Crippen LogP contribution in [0.15, 0.2) is 94.7 Å². The maximum atomic E-state index is 6.27. The second-order valence-corrected chi connectivity index (χ2v) is 11.0. The van der Waals surface area contributed by atoms with Crippen LogP contribution in [0.2, 0.25) is 0 Å². The summed E-state index contributed by atoms with van der Waals surface area (Å²) in [6.07, 6.45) is 2.25.